The largest absolute Gasteiger partial charge is 0.462 e. The highest BCUT2D eigenvalue weighted by atomic mass is 16.6. The number of hydrogen-bond donors (Lipinski definition) is 0. The first kappa shape index (κ1) is 78.6. The fourth-order valence-electron chi connectivity index (χ4n) is 11.1. The molecule has 6 nitrogen and oxygen atoms in total. The standard InChI is InChI=1S/C75H140O6/c1-4-7-10-13-16-19-22-24-26-28-30-32-34-36-37-38-40-41-43-45-47-49-51-53-56-59-62-65-68-74(77)80-71-72(70-79-73(76)67-64-61-58-55-21-18-15-12-9-6-3)81-75(78)69-66-63-60-57-54-52-50-48-46-44-42-39-35-33-31-29-27-25-23-20-17-14-11-8-5-2/h12,15,23,25,29,31,72H,4-11,13-14,16-22,24,26-28,30,32-71H2,1-3H3/b15-12-,25-23-,31-29-. The molecule has 0 heterocycles. The molecule has 0 bridgehead atoms. The lowest BCUT2D eigenvalue weighted by molar-refractivity contribution is -0.167. The maximum atomic E-state index is 12.9. The lowest BCUT2D eigenvalue weighted by Crippen LogP contribution is -2.30. The van der Waals surface area contributed by atoms with Crippen molar-refractivity contribution >= 4 is 17.9 Å². The van der Waals surface area contributed by atoms with Gasteiger partial charge in [0, 0.05) is 19.3 Å². The van der Waals surface area contributed by atoms with Gasteiger partial charge in [-0.1, -0.05) is 353 Å². The minimum atomic E-state index is -0.774. The van der Waals surface area contributed by atoms with Crippen LogP contribution in [0.3, 0.4) is 0 Å². The second kappa shape index (κ2) is 70.1. The lowest BCUT2D eigenvalue weighted by atomic mass is 10.0. The van der Waals surface area contributed by atoms with Crippen molar-refractivity contribution in [3.05, 3.63) is 36.5 Å². The third-order valence-corrected chi connectivity index (χ3v) is 16.6. The van der Waals surface area contributed by atoms with Crippen LogP contribution in [0.4, 0.5) is 0 Å². The molecule has 0 N–H and O–H groups in total. The highest BCUT2D eigenvalue weighted by molar-refractivity contribution is 5.71. The average Bonchev–Trinajstić information content (AvgIpc) is 3.47. The zero-order chi connectivity index (χ0) is 58.5. The number of allylic oxidation sites excluding steroid dienone is 6. The van der Waals surface area contributed by atoms with Gasteiger partial charge in [-0.25, -0.2) is 0 Å². The molecule has 0 saturated heterocycles. The van der Waals surface area contributed by atoms with Gasteiger partial charge in [0.2, 0.25) is 0 Å². The third-order valence-electron chi connectivity index (χ3n) is 16.6. The van der Waals surface area contributed by atoms with Crippen LogP contribution in [0.15, 0.2) is 36.5 Å². The Hall–Kier alpha value is -2.37. The van der Waals surface area contributed by atoms with Gasteiger partial charge in [0.05, 0.1) is 0 Å². The van der Waals surface area contributed by atoms with Crippen molar-refractivity contribution in [1.29, 1.82) is 0 Å². The lowest BCUT2D eigenvalue weighted by Gasteiger charge is -2.18. The molecule has 0 radical (unpaired) electrons. The molecule has 0 aromatic heterocycles. The van der Waals surface area contributed by atoms with Gasteiger partial charge in [-0.3, -0.25) is 14.4 Å². The number of carbonyl (C=O) groups excluding carboxylic acids is 3. The fraction of sp³-hybridized carbons (Fsp3) is 0.880. The van der Waals surface area contributed by atoms with Crippen LogP contribution in [0, 0.1) is 0 Å². The predicted molar refractivity (Wildman–Crippen MR) is 353 cm³/mol. The minimum Gasteiger partial charge on any atom is -0.462 e. The molecule has 0 rings (SSSR count). The quantitative estimate of drug-likeness (QED) is 0.0261. The van der Waals surface area contributed by atoms with Gasteiger partial charge < -0.3 is 14.2 Å². The van der Waals surface area contributed by atoms with Crippen molar-refractivity contribution in [3.8, 4) is 0 Å². The van der Waals surface area contributed by atoms with Crippen molar-refractivity contribution in [1.82, 2.24) is 0 Å². The van der Waals surface area contributed by atoms with Crippen molar-refractivity contribution in [2.45, 2.75) is 412 Å². The Labute approximate surface area is 506 Å². The van der Waals surface area contributed by atoms with E-state index in [9.17, 15) is 14.4 Å². The maximum Gasteiger partial charge on any atom is 0.306 e. The summed E-state index contributed by atoms with van der Waals surface area (Å²) >= 11 is 0. The van der Waals surface area contributed by atoms with Crippen LogP contribution >= 0.6 is 0 Å². The highest BCUT2D eigenvalue weighted by Crippen LogP contribution is 2.19. The number of hydrogen-bond acceptors (Lipinski definition) is 6. The van der Waals surface area contributed by atoms with Crippen molar-refractivity contribution < 1.29 is 28.6 Å². The number of unbranched alkanes of at least 4 members (excludes halogenated alkanes) is 51. The molecular weight excluding hydrogens is 997 g/mol. The molecule has 1 unspecified atom stereocenters. The van der Waals surface area contributed by atoms with Gasteiger partial charge >= 0.3 is 17.9 Å². The van der Waals surface area contributed by atoms with Gasteiger partial charge in [0.25, 0.3) is 0 Å². The first-order chi connectivity index (χ1) is 40.0. The second-order valence-corrected chi connectivity index (χ2v) is 24.9. The molecule has 0 amide bonds. The summed E-state index contributed by atoms with van der Waals surface area (Å²) in [6, 6.07) is 0. The van der Waals surface area contributed by atoms with Crippen LogP contribution in [-0.4, -0.2) is 37.2 Å². The number of rotatable bonds is 68. The topological polar surface area (TPSA) is 78.9 Å². The molecule has 0 aromatic carbocycles. The molecule has 81 heavy (non-hydrogen) atoms. The molecule has 0 saturated carbocycles. The van der Waals surface area contributed by atoms with E-state index < -0.39 is 6.10 Å². The van der Waals surface area contributed by atoms with E-state index in [1.807, 2.05) is 0 Å². The van der Waals surface area contributed by atoms with Gasteiger partial charge in [0.15, 0.2) is 6.10 Å². The van der Waals surface area contributed by atoms with Crippen molar-refractivity contribution in [3.63, 3.8) is 0 Å². The Kier molecular flexibility index (Phi) is 68.1. The van der Waals surface area contributed by atoms with Crippen LogP contribution < -0.4 is 0 Å². The summed E-state index contributed by atoms with van der Waals surface area (Å²) in [4.78, 5) is 38.3. The summed E-state index contributed by atoms with van der Waals surface area (Å²) in [7, 11) is 0. The summed E-state index contributed by atoms with van der Waals surface area (Å²) in [5.74, 6) is -0.855. The molecule has 476 valence electrons. The molecule has 0 aliphatic carbocycles. The molecule has 0 aromatic rings. The van der Waals surface area contributed by atoms with E-state index in [-0.39, 0.29) is 31.1 Å². The Balaban J connectivity index is 4.11. The van der Waals surface area contributed by atoms with Crippen molar-refractivity contribution in [2.24, 2.45) is 0 Å². The molecule has 0 spiro atoms. The van der Waals surface area contributed by atoms with E-state index in [1.165, 1.54) is 289 Å². The third kappa shape index (κ3) is 68.3. The highest BCUT2D eigenvalue weighted by Gasteiger charge is 2.19. The van der Waals surface area contributed by atoms with Crippen LogP contribution in [0.1, 0.15) is 406 Å². The zero-order valence-corrected chi connectivity index (χ0v) is 54.8. The van der Waals surface area contributed by atoms with E-state index in [0.717, 1.165) is 77.0 Å². The predicted octanol–water partition coefficient (Wildman–Crippen LogP) is 25.1. The number of carbonyl (C=O) groups is 3. The first-order valence-corrected chi connectivity index (χ1v) is 36.5. The molecule has 0 aliphatic heterocycles. The van der Waals surface area contributed by atoms with E-state index in [1.54, 1.807) is 0 Å². The zero-order valence-electron chi connectivity index (χ0n) is 54.8. The molecule has 6 heteroatoms. The van der Waals surface area contributed by atoms with E-state index in [2.05, 4.69) is 57.2 Å². The Morgan fingerprint density at radius 3 is 0.741 bits per heavy atom. The molecular formula is C75H140O6. The summed E-state index contributed by atoms with van der Waals surface area (Å²) in [5, 5.41) is 0. The van der Waals surface area contributed by atoms with Crippen LogP contribution in [0.5, 0.6) is 0 Å². The van der Waals surface area contributed by atoms with Crippen LogP contribution in [0.2, 0.25) is 0 Å². The van der Waals surface area contributed by atoms with Crippen molar-refractivity contribution in [2.75, 3.05) is 13.2 Å². The first-order valence-electron chi connectivity index (χ1n) is 36.5. The summed E-state index contributed by atoms with van der Waals surface area (Å²) in [6.07, 6.45) is 87.7. The van der Waals surface area contributed by atoms with Gasteiger partial charge in [0.1, 0.15) is 13.2 Å². The summed E-state index contributed by atoms with van der Waals surface area (Å²) < 4.78 is 17.0. The SMILES string of the molecule is CCC/C=C\CCCCCCCC(=O)OCC(COC(=O)CCCCCCCCCCCCCCCCCCCCCCCCCCCCCC)OC(=O)CCCCCCCCCCCCCCC/C=C\C/C=C\CCCCCCC. The van der Waals surface area contributed by atoms with E-state index in [0.29, 0.717) is 19.3 Å². The summed E-state index contributed by atoms with van der Waals surface area (Å²) in [5.41, 5.74) is 0. The smallest absolute Gasteiger partial charge is 0.306 e. The Bertz CT molecular complexity index is 1350. The van der Waals surface area contributed by atoms with E-state index >= 15 is 0 Å². The Morgan fingerprint density at radius 1 is 0.247 bits per heavy atom. The maximum absolute atomic E-state index is 12.9. The molecule has 0 aliphatic rings. The van der Waals surface area contributed by atoms with E-state index in [4.69, 9.17) is 14.2 Å². The monoisotopic (exact) mass is 1140 g/mol. The number of esters is 3. The molecule has 1 atom stereocenters. The Morgan fingerprint density at radius 2 is 0.469 bits per heavy atom. The second-order valence-electron chi connectivity index (χ2n) is 24.9. The van der Waals surface area contributed by atoms with Gasteiger partial charge in [-0.15, -0.1) is 0 Å². The summed E-state index contributed by atoms with van der Waals surface area (Å²) in [6.45, 7) is 6.64. The average molecular weight is 1140 g/mol. The van der Waals surface area contributed by atoms with Crippen LogP contribution in [-0.2, 0) is 28.6 Å². The van der Waals surface area contributed by atoms with Crippen LogP contribution in [0.25, 0.3) is 0 Å². The normalized spacial score (nSPS) is 12.2. The minimum absolute atomic E-state index is 0.0701. The number of ether oxygens (including phenoxy) is 3. The van der Waals surface area contributed by atoms with Gasteiger partial charge in [-0.2, -0.15) is 0 Å². The molecule has 0 fully saturated rings. The fourth-order valence-corrected chi connectivity index (χ4v) is 11.1. The van der Waals surface area contributed by atoms with Gasteiger partial charge in [-0.05, 0) is 70.6 Å².